The molecule has 0 amide bonds. The quantitative estimate of drug-likeness (QED) is 0.785. The lowest BCUT2D eigenvalue weighted by atomic mass is 9.88. The lowest BCUT2D eigenvalue weighted by molar-refractivity contribution is -0.119. The Hall–Kier alpha value is -1.96. The van der Waals surface area contributed by atoms with Crippen LogP contribution in [0.3, 0.4) is 0 Å². The third-order valence-corrected chi connectivity index (χ3v) is 3.67. The maximum atomic E-state index is 13.1. The molecular weight excluding hydrogens is 251 g/mol. The molecule has 0 aliphatic carbocycles. The maximum Gasteiger partial charge on any atom is 0.144 e. The molecule has 1 nitrogen and oxygen atoms in total. The molecule has 0 bridgehead atoms. The lowest BCUT2D eigenvalue weighted by Gasteiger charge is -2.15. The fourth-order valence-corrected chi connectivity index (χ4v) is 2.50. The molecule has 2 aromatic rings. The number of Topliss-reactive ketones (excluding diaryl/α,β-unsaturated/α-hetero) is 1. The average molecular weight is 270 g/mol. The molecule has 0 aromatic heterocycles. The van der Waals surface area contributed by atoms with Crippen LogP contribution in [0.25, 0.3) is 0 Å². The van der Waals surface area contributed by atoms with Crippen LogP contribution in [0, 0.1) is 12.7 Å². The molecular formula is C18H19FO. The summed E-state index contributed by atoms with van der Waals surface area (Å²) < 4.78 is 13.1. The molecule has 2 rings (SSSR count). The fraction of sp³-hybridized carbons (Fsp3) is 0.278. The molecule has 0 aliphatic rings. The van der Waals surface area contributed by atoms with Crippen LogP contribution >= 0.6 is 0 Å². The van der Waals surface area contributed by atoms with Gasteiger partial charge in [-0.2, -0.15) is 0 Å². The van der Waals surface area contributed by atoms with Crippen LogP contribution in [0.2, 0.25) is 0 Å². The maximum absolute atomic E-state index is 13.1. The Morgan fingerprint density at radius 2 is 1.85 bits per heavy atom. The van der Waals surface area contributed by atoms with Crippen molar-refractivity contribution in [3.05, 3.63) is 71.0 Å². The predicted molar refractivity (Wildman–Crippen MR) is 79.3 cm³/mol. The van der Waals surface area contributed by atoms with Gasteiger partial charge in [0.25, 0.3) is 0 Å². The van der Waals surface area contributed by atoms with Gasteiger partial charge in [0.1, 0.15) is 11.6 Å². The number of aryl methyl sites for hydroxylation is 1. The summed E-state index contributed by atoms with van der Waals surface area (Å²) in [5.74, 6) is -0.150. The van der Waals surface area contributed by atoms with Gasteiger partial charge in [-0.1, -0.05) is 43.3 Å². The first-order valence-corrected chi connectivity index (χ1v) is 6.94. The molecule has 0 radical (unpaired) electrons. The van der Waals surface area contributed by atoms with Gasteiger partial charge in [-0.25, -0.2) is 4.39 Å². The average Bonchev–Trinajstić information content (AvgIpc) is 2.44. The van der Waals surface area contributed by atoms with Crippen LogP contribution in [0.4, 0.5) is 4.39 Å². The minimum absolute atomic E-state index is 0.0827. The van der Waals surface area contributed by atoms with Gasteiger partial charge in [0, 0.05) is 12.3 Å². The fourth-order valence-electron chi connectivity index (χ4n) is 2.50. The van der Waals surface area contributed by atoms with E-state index < -0.39 is 0 Å². The van der Waals surface area contributed by atoms with Crippen molar-refractivity contribution in [2.45, 2.75) is 32.6 Å². The van der Waals surface area contributed by atoms with Crippen LogP contribution in [-0.2, 0) is 11.2 Å². The van der Waals surface area contributed by atoms with Gasteiger partial charge in [0.2, 0.25) is 0 Å². The number of carbonyl (C=O) groups is 1. The Morgan fingerprint density at radius 3 is 2.45 bits per heavy atom. The molecule has 1 atom stereocenters. The number of ketones is 1. The highest BCUT2D eigenvalue weighted by molar-refractivity contribution is 5.87. The van der Waals surface area contributed by atoms with Gasteiger partial charge in [-0.3, -0.25) is 4.79 Å². The van der Waals surface area contributed by atoms with Crippen LogP contribution in [-0.4, -0.2) is 5.78 Å². The standard InChI is InChI=1S/C18H19FO/c1-3-17(14-7-5-4-6-8-14)18(20)12-15-9-10-16(19)11-13(15)2/h4-11,17H,3,12H2,1-2H3. The molecule has 0 saturated carbocycles. The highest BCUT2D eigenvalue weighted by Gasteiger charge is 2.19. The smallest absolute Gasteiger partial charge is 0.144 e. The summed E-state index contributed by atoms with van der Waals surface area (Å²) in [5.41, 5.74) is 2.80. The van der Waals surface area contributed by atoms with E-state index in [9.17, 15) is 9.18 Å². The summed E-state index contributed by atoms with van der Waals surface area (Å²) >= 11 is 0. The molecule has 0 spiro atoms. The molecule has 0 aliphatic heterocycles. The molecule has 2 heteroatoms. The van der Waals surface area contributed by atoms with E-state index in [0.29, 0.717) is 6.42 Å². The van der Waals surface area contributed by atoms with Gasteiger partial charge >= 0.3 is 0 Å². The van der Waals surface area contributed by atoms with Crippen molar-refractivity contribution in [1.82, 2.24) is 0 Å². The highest BCUT2D eigenvalue weighted by atomic mass is 19.1. The van der Waals surface area contributed by atoms with Crippen molar-refractivity contribution in [1.29, 1.82) is 0 Å². The van der Waals surface area contributed by atoms with Crippen LogP contribution < -0.4 is 0 Å². The number of carbonyl (C=O) groups excluding carboxylic acids is 1. The third-order valence-electron chi connectivity index (χ3n) is 3.67. The Balaban J connectivity index is 2.18. The Labute approximate surface area is 119 Å². The van der Waals surface area contributed by atoms with Crippen LogP contribution in [0.15, 0.2) is 48.5 Å². The molecule has 0 N–H and O–H groups in total. The van der Waals surface area contributed by atoms with Crippen molar-refractivity contribution in [2.75, 3.05) is 0 Å². The number of rotatable bonds is 5. The van der Waals surface area contributed by atoms with E-state index >= 15 is 0 Å². The first-order chi connectivity index (χ1) is 9.61. The zero-order valence-electron chi connectivity index (χ0n) is 11.9. The molecule has 0 heterocycles. The molecule has 20 heavy (non-hydrogen) atoms. The van der Waals surface area contributed by atoms with Gasteiger partial charge in [0.15, 0.2) is 0 Å². The number of hydrogen-bond donors (Lipinski definition) is 0. The largest absolute Gasteiger partial charge is 0.299 e. The first kappa shape index (κ1) is 14.4. The second-order valence-corrected chi connectivity index (χ2v) is 5.09. The summed E-state index contributed by atoms with van der Waals surface area (Å²) in [4.78, 5) is 12.5. The number of hydrogen-bond acceptors (Lipinski definition) is 1. The monoisotopic (exact) mass is 270 g/mol. The van der Waals surface area contributed by atoms with Gasteiger partial charge in [-0.05, 0) is 42.2 Å². The van der Waals surface area contributed by atoms with E-state index in [2.05, 4.69) is 0 Å². The Kier molecular flexibility index (Phi) is 4.67. The third kappa shape index (κ3) is 3.32. The van der Waals surface area contributed by atoms with Gasteiger partial charge in [-0.15, -0.1) is 0 Å². The Bertz CT molecular complexity index is 590. The van der Waals surface area contributed by atoms with E-state index in [4.69, 9.17) is 0 Å². The lowest BCUT2D eigenvalue weighted by Crippen LogP contribution is -2.15. The molecule has 2 aromatic carbocycles. The highest BCUT2D eigenvalue weighted by Crippen LogP contribution is 2.23. The molecule has 0 saturated heterocycles. The summed E-state index contributed by atoms with van der Waals surface area (Å²) in [7, 11) is 0. The van der Waals surface area contributed by atoms with Gasteiger partial charge in [0.05, 0.1) is 0 Å². The summed E-state index contributed by atoms with van der Waals surface area (Å²) in [6, 6.07) is 14.4. The van der Waals surface area contributed by atoms with Crippen LogP contribution in [0.5, 0.6) is 0 Å². The summed E-state index contributed by atoms with van der Waals surface area (Å²) in [5, 5.41) is 0. The first-order valence-electron chi connectivity index (χ1n) is 6.94. The van der Waals surface area contributed by atoms with E-state index in [1.54, 1.807) is 6.07 Å². The van der Waals surface area contributed by atoms with Gasteiger partial charge < -0.3 is 0 Å². The Morgan fingerprint density at radius 1 is 1.15 bits per heavy atom. The van der Waals surface area contributed by atoms with Crippen LogP contribution in [0.1, 0.15) is 36.0 Å². The zero-order chi connectivity index (χ0) is 14.5. The zero-order valence-corrected chi connectivity index (χ0v) is 11.9. The van der Waals surface area contributed by atoms with Crippen molar-refractivity contribution >= 4 is 5.78 Å². The van der Waals surface area contributed by atoms with E-state index in [1.165, 1.54) is 12.1 Å². The minimum atomic E-state index is -0.256. The molecule has 104 valence electrons. The normalized spacial score (nSPS) is 12.2. The SMILES string of the molecule is CCC(C(=O)Cc1ccc(F)cc1C)c1ccccc1. The van der Waals surface area contributed by atoms with E-state index in [-0.39, 0.29) is 17.5 Å². The molecule has 1 unspecified atom stereocenters. The minimum Gasteiger partial charge on any atom is -0.299 e. The summed E-state index contributed by atoms with van der Waals surface area (Å²) in [6.45, 7) is 3.86. The second-order valence-electron chi connectivity index (χ2n) is 5.09. The topological polar surface area (TPSA) is 17.1 Å². The van der Waals surface area contributed by atoms with E-state index in [0.717, 1.165) is 23.1 Å². The second kappa shape index (κ2) is 6.47. The van der Waals surface area contributed by atoms with E-state index in [1.807, 2.05) is 44.2 Å². The number of benzene rings is 2. The van der Waals surface area contributed by atoms with Crippen molar-refractivity contribution in [3.63, 3.8) is 0 Å². The predicted octanol–water partition coefficient (Wildman–Crippen LogP) is 4.44. The van der Waals surface area contributed by atoms with Crippen molar-refractivity contribution in [2.24, 2.45) is 0 Å². The van der Waals surface area contributed by atoms with Crippen molar-refractivity contribution < 1.29 is 9.18 Å². The van der Waals surface area contributed by atoms with Crippen molar-refractivity contribution in [3.8, 4) is 0 Å². The summed E-state index contributed by atoms with van der Waals surface area (Å²) in [6.07, 6.45) is 1.14. The molecule has 0 fully saturated rings. The number of halogens is 1.